The number of rotatable bonds is 4. The first kappa shape index (κ1) is 17.2. The fraction of sp³-hybridized carbons (Fsp3) is 0.947. The normalized spacial score (nSPS) is 36.3. The average molecular weight is 323 g/mol. The summed E-state index contributed by atoms with van der Waals surface area (Å²) in [6.07, 6.45) is 12.9. The highest BCUT2D eigenvalue weighted by Gasteiger charge is 2.35. The minimum absolute atomic E-state index is 0.0536. The molecule has 1 saturated heterocycles. The van der Waals surface area contributed by atoms with Crippen LogP contribution in [0.5, 0.6) is 0 Å². The van der Waals surface area contributed by atoms with Crippen LogP contribution in [-0.4, -0.2) is 47.3 Å². The number of nitrogens with zero attached hydrogens (tertiary/aromatic N) is 1. The summed E-state index contributed by atoms with van der Waals surface area (Å²) in [6.45, 7) is 2.65. The monoisotopic (exact) mass is 323 g/mol. The number of ether oxygens (including phenoxy) is 1. The summed E-state index contributed by atoms with van der Waals surface area (Å²) in [5, 5.41) is 9.80. The molecule has 0 aromatic carbocycles. The Bertz CT molecular complexity index is 392. The Hall–Kier alpha value is -0.610. The third-order valence-corrected chi connectivity index (χ3v) is 6.31. The average Bonchev–Trinajstić information content (AvgIpc) is 3.04. The molecule has 3 aliphatic rings. The van der Waals surface area contributed by atoms with E-state index < -0.39 is 0 Å². The van der Waals surface area contributed by atoms with Crippen LogP contribution in [0, 0.1) is 11.8 Å². The second-order valence-corrected chi connectivity index (χ2v) is 7.99. The number of hydrogen-bond acceptors (Lipinski definition) is 3. The number of carbonyl (C=O) groups is 1. The van der Waals surface area contributed by atoms with E-state index in [2.05, 4.69) is 0 Å². The Morgan fingerprint density at radius 1 is 1.04 bits per heavy atom. The van der Waals surface area contributed by atoms with Crippen LogP contribution in [0.25, 0.3) is 0 Å². The van der Waals surface area contributed by atoms with Gasteiger partial charge in [0, 0.05) is 13.5 Å². The zero-order valence-corrected chi connectivity index (χ0v) is 14.6. The molecule has 0 spiro atoms. The molecular formula is C19H33NO3. The van der Waals surface area contributed by atoms with Gasteiger partial charge in [-0.25, -0.2) is 0 Å². The van der Waals surface area contributed by atoms with Crippen molar-refractivity contribution >= 4 is 5.91 Å². The lowest BCUT2D eigenvalue weighted by Crippen LogP contribution is -2.37. The predicted octanol–water partition coefficient (Wildman–Crippen LogP) is 3.12. The molecule has 0 bridgehead atoms. The van der Waals surface area contributed by atoms with Crippen molar-refractivity contribution in [1.29, 1.82) is 0 Å². The minimum atomic E-state index is -0.380. The van der Waals surface area contributed by atoms with E-state index in [-0.39, 0.29) is 18.1 Å². The van der Waals surface area contributed by atoms with Crippen molar-refractivity contribution in [2.45, 2.75) is 89.4 Å². The third kappa shape index (κ3) is 4.48. The van der Waals surface area contributed by atoms with E-state index >= 15 is 0 Å². The highest BCUT2D eigenvalue weighted by atomic mass is 16.5. The second kappa shape index (κ2) is 7.98. The van der Waals surface area contributed by atoms with Gasteiger partial charge in [-0.15, -0.1) is 0 Å². The van der Waals surface area contributed by atoms with Crippen LogP contribution in [0.2, 0.25) is 0 Å². The van der Waals surface area contributed by atoms with E-state index in [0.29, 0.717) is 25.7 Å². The molecule has 0 aromatic heterocycles. The van der Waals surface area contributed by atoms with Gasteiger partial charge in [0.25, 0.3) is 0 Å². The molecule has 3 rings (SSSR count). The fourth-order valence-corrected chi connectivity index (χ4v) is 5.02. The van der Waals surface area contributed by atoms with Gasteiger partial charge in [-0.2, -0.15) is 0 Å². The molecule has 3 fully saturated rings. The van der Waals surface area contributed by atoms with Gasteiger partial charge < -0.3 is 14.7 Å². The molecule has 2 unspecified atom stereocenters. The summed E-state index contributed by atoms with van der Waals surface area (Å²) < 4.78 is 6.16. The number of likely N-dealkylation sites (tertiary alicyclic amines) is 1. The van der Waals surface area contributed by atoms with Crippen molar-refractivity contribution in [3.8, 4) is 0 Å². The van der Waals surface area contributed by atoms with Gasteiger partial charge in [0.15, 0.2) is 0 Å². The summed E-state index contributed by atoms with van der Waals surface area (Å²) in [5.41, 5.74) is 0. The van der Waals surface area contributed by atoms with Crippen LogP contribution in [0.3, 0.4) is 0 Å². The van der Waals surface area contributed by atoms with Gasteiger partial charge in [-0.05, 0) is 37.5 Å². The van der Waals surface area contributed by atoms with Crippen LogP contribution in [-0.2, 0) is 9.53 Å². The van der Waals surface area contributed by atoms with Gasteiger partial charge in [-0.1, -0.05) is 38.5 Å². The molecule has 1 N–H and O–H groups in total. The van der Waals surface area contributed by atoms with Gasteiger partial charge in [0.1, 0.15) is 0 Å². The molecule has 4 nitrogen and oxygen atoms in total. The van der Waals surface area contributed by atoms with Crippen molar-refractivity contribution in [3.05, 3.63) is 0 Å². The summed E-state index contributed by atoms with van der Waals surface area (Å²) >= 11 is 0. The maximum atomic E-state index is 11.6. The van der Waals surface area contributed by atoms with E-state index in [4.69, 9.17) is 4.74 Å². The predicted molar refractivity (Wildman–Crippen MR) is 90.1 cm³/mol. The first-order valence-electron chi connectivity index (χ1n) is 9.70. The molecule has 0 radical (unpaired) electrons. The zero-order valence-electron chi connectivity index (χ0n) is 14.6. The maximum absolute atomic E-state index is 11.6. The largest absolute Gasteiger partial charge is 0.391 e. The highest BCUT2D eigenvalue weighted by Crippen LogP contribution is 2.39. The van der Waals surface area contributed by atoms with E-state index in [1.54, 1.807) is 11.8 Å². The summed E-state index contributed by atoms with van der Waals surface area (Å²) in [6, 6.07) is 0.0689. The smallest absolute Gasteiger partial charge is 0.219 e. The Labute approximate surface area is 140 Å². The SMILES string of the molecule is CC(=O)N1C[C@H](O)C[C@H]1COC1CCC(C2CCCCCC2)C1. The van der Waals surface area contributed by atoms with Crippen molar-refractivity contribution in [1.82, 2.24) is 4.90 Å². The molecular weight excluding hydrogens is 290 g/mol. The number of β-amino-alcohol motifs (C(OH)–C–C–N with tert-alkyl or cyclic N) is 1. The van der Waals surface area contributed by atoms with E-state index in [9.17, 15) is 9.90 Å². The van der Waals surface area contributed by atoms with E-state index in [0.717, 1.165) is 11.8 Å². The standard InChI is InChI=1S/C19H33NO3/c1-14(21)20-12-18(22)11-17(20)13-23-19-9-8-16(10-19)15-6-4-2-3-5-7-15/h15-19,22H,2-13H2,1H3/t16?,17-,18+,19?/m0/s1. The topological polar surface area (TPSA) is 49.8 Å². The molecule has 1 aliphatic heterocycles. The lowest BCUT2D eigenvalue weighted by molar-refractivity contribution is -0.131. The molecule has 1 heterocycles. The molecule has 4 atom stereocenters. The van der Waals surface area contributed by atoms with Crippen molar-refractivity contribution in [3.63, 3.8) is 0 Å². The lowest BCUT2D eigenvalue weighted by atomic mass is 9.85. The molecule has 2 saturated carbocycles. The summed E-state index contributed by atoms with van der Waals surface area (Å²) in [4.78, 5) is 13.4. The minimum Gasteiger partial charge on any atom is -0.391 e. The molecule has 2 aliphatic carbocycles. The lowest BCUT2D eigenvalue weighted by Gasteiger charge is -2.25. The van der Waals surface area contributed by atoms with Crippen LogP contribution >= 0.6 is 0 Å². The molecule has 132 valence electrons. The van der Waals surface area contributed by atoms with Crippen LogP contribution < -0.4 is 0 Å². The van der Waals surface area contributed by atoms with Crippen LogP contribution in [0.4, 0.5) is 0 Å². The van der Waals surface area contributed by atoms with Gasteiger partial charge in [-0.3, -0.25) is 4.79 Å². The molecule has 4 heteroatoms. The van der Waals surface area contributed by atoms with E-state index in [1.807, 2.05) is 0 Å². The molecule has 0 aromatic rings. The number of carbonyl (C=O) groups excluding carboxylic acids is 1. The van der Waals surface area contributed by atoms with Crippen molar-refractivity contribution in [2.75, 3.05) is 13.2 Å². The Balaban J connectivity index is 1.44. The third-order valence-electron chi connectivity index (χ3n) is 6.31. The van der Waals surface area contributed by atoms with Gasteiger partial charge >= 0.3 is 0 Å². The van der Waals surface area contributed by atoms with E-state index in [1.165, 1.54) is 57.8 Å². The number of amides is 1. The second-order valence-electron chi connectivity index (χ2n) is 7.99. The van der Waals surface area contributed by atoms with Crippen LogP contribution in [0.1, 0.15) is 71.1 Å². The number of hydrogen-bond donors (Lipinski definition) is 1. The van der Waals surface area contributed by atoms with Gasteiger partial charge in [0.05, 0.1) is 24.9 Å². The summed E-state index contributed by atoms with van der Waals surface area (Å²) in [5.74, 6) is 1.84. The van der Waals surface area contributed by atoms with Crippen molar-refractivity contribution in [2.24, 2.45) is 11.8 Å². The van der Waals surface area contributed by atoms with Crippen LogP contribution in [0.15, 0.2) is 0 Å². The maximum Gasteiger partial charge on any atom is 0.219 e. The van der Waals surface area contributed by atoms with Crippen molar-refractivity contribution < 1.29 is 14.6 Å². The first-order chi connectivity index (χ1) is 11.1. The number of aliphatic hydroxyl groups is 1. The summed E-state index contributed by atoms with van der Waals surface area (Å²) in [7, 11) is 0. The molecule has 23 heavy (non-hydrogen) atoms. The van der Waals surface area contributed by atoms with Gasteiger partial charge in [0.2, 0.25) is 5.91 Å². The number of aliphatic hydroxyl groups excluding tert-OH is 1. The molecule has 1 amide bonds. The quantitative estimate of drug-likeness (QED) is 0.809. The fourth-order valence-electron chi connectivity index (χ4n) is 5.02. The first-order valence-corrected chi connectivity index (χ1v) is 9.70. The Kier molecular flexibility index (Phi) is 5.97. The zero-order chi connectivity index (χ0) is 16.2. The Morgan fingerprint density at radius 2 is 1.78 bits per heavy atom. The highest BCUT2D eigenvalue weighted by molar-refractivity contribution is 5.74. The Morgan fingerprint density at radius 3 is 2.48 bits per heavy atom.